The van der Waals surface area contributed by atoms with Gasteiger partial charge in [0.05, 0.1) is 5.75 Å². The number of sulfone groups is 1. The molecule has 0 amide bonds. The zero-order chi connectivity index (χ0) is 18.3. The van der Waals surface area contributed by atoms with Crippen molar-refractivity contribution in [1.82, 2.24) is 15.6 Å². The van der Waals surface area contributed by atoms with E-state index in [1.165, 1.54) is 11.6 Å². The fraction of sp³-hybridized carbons (Fsp3) is 0.500. The van der Waals surface area contributed by atoms with Crippen molar-refractivity contribution < 1.29 is 8.42 Å². The molecule has 0 saturated heterocycles. The molecule has 1 atom stereocenters. The number of H-pyrrole nitrogens is 1. The third-order valence-corrected chi connectivity index (χ3v) is 4.86. The third-order valence-electron chi connectivity index (χ3n) is 3.89. The van der Waals surface area contributed by atoms with Gasteiger partial charge in [-0.3, -0.25) is 4.99 Å². The molecule has 0 aliphatic heterocycles. The highest BCUT2D eigenvalue weighted by atomic mass is 127. The van der Waals surface area contributed by atoms with Crippen LogP contribution in [0.15, 0.2) is 35.3 Å². The summed E-state index contributed by atoms with van der Waals surface area (Å²) in [5.41, 5.74) is 2.30. The molecule has 146 valence electrons. The van der Waals surface area contributed by atoms with Crippen molar-refractivity contribution in [3.63, 3.8) is 0 Å². The molecule has 1 aromatic heterocycles. The average Bonchev–Trinajstić information content (AvgIpc) is 2.95. The maximum absolute atomic E-state index is 11.3. The fourth-order valence-corrected chi connectivity index (χ4v) is 3.35. The minimum Gasteiger partial charge on any atom is -0.358 e. The molecular weight excluding hydrogens is 463 g/mol. The molecule has 1 heterocycles. The van der Waals surface area contributed by atoms with Crippen LogP contribution >= 0.6 is 24.0 Å². The van der Waals surface area contributed by atoms with Crippen LogP contribution in [0.3, 0.4) is 0 Å². The van der Waals surface area contributed by atoms with Crippen LogP contribution in [0.4, 0.5) is 0 Å². The lowest BCUT2D eigenvalue weighted by molar-refractivity contribution is 0.581. The monoisotopic (exact) mass is 492 g/mol. The molecule has 26 heavy (non-hydrogen) atoms. The quantitative estimate of drug-likeness (QED) is 0.301. The van der Waals surface area contributed by atoms with Crippen molar-refractivity contribution in [2.45, 2.75) is 32.7 Å². The van der Waals surface area contributed by atoms with Crippen LogP contribution in [0.2, 0.25) is 0 Å². The molecule has 1 unspecified atom stereocenters. The second-order valence-electron chi connectivity index (χ2n) is 6.36. The number of fused-ring (bicyclic) bond motifs is 1. The van der Waals surface area contributed by atoms with Crippen LogP contribution in [0.1, 0.15) is 26.0 Å². The van der Waals surface area contributed by atoms with Crippen molar-refractivity contribution >= 4 is 50.7 Å². The maximum atomic E-state index is 11.3. The van der Waals surface area contributed by atoms with E-state index in [0.29, 0.717) is 13.0 Å². The van der Waals surface area contributed by atoms with Crippen LogP contribution in [-0.4, -0.2) is 50.5 Å². The van der Waals surface area contributed by atoms with Gasteiger partial charge in [-0.05, 0) is 37.8 Å². The zero-order valence-electron chi connectivity index (χ0n) is 15.6. The van der Waals surface area contributed by atoms with Gasteiger partial charge in [-0.15, -0.1) is 24.0 Å². The van der Waals surface area contributed by atoms with E-state index in [9.17, 15) is 8.42 Å². The predicted octanol–water partition coefficient (Wildman–Crippen LogP) is 2.71. The van der Waals surface area contributed by atoms with Crippen LogP contribution in [0, 0.1) is 0 Å². The zero-order valence-corrected chi connectivity index (χ0v) is 18.7. The molecule has 0 radical (unpaired) electrons. The highest BCUT2D eigenvalue weighted by Crippen LogP contribution is 2.14. The van der Waals surface area contributed by atoms with Gasteiger partial charge in [0.15, 0.2) is 5.96 Å². The van der Waals surface area contributed by atoms with Gasteiger partial charge in [0.25, 0.3) is 0 Å². The molecule has 2 aromatic rings. The Morgan fingerprint density at radius 2 is 2.04 bits per heavy atom. The number of hydrogen-bond acceptors (Lipinski definition) is 3. The van der Waals surface area contributed by atoms with Crippen molar-refractivity contribution in [3.8, 4) is 0 Å². The van der Waals surface area contributed by atoms with Crippen LogP contribution in [0.25, 0.3) is 10.9 Å². The lowest BCUT2D eigenvalue weighted by Crippen LogP contribution is -2.43. The maximum Gasteiger partial charge on any atom is 0.191 e. The second-order valence-corrected chi connectivity index (χ2v) is 8.62. The summed E-state index contributed by atoms with van der Waals surface area (Å²) in [4.78, 5) is 7.99. The van der Waals surface area contributed by atoms with E-state index >= 15 is 0 Å². The fourth-order valence-electron chi connectivity index (χ4n) is 2.57. The summed E-state index contributed by atoms with van der Waals surface area (Å²) in [6, 6.07) is 10.4. The van der Waals surface area contributed by atoms with E-state index in [4.69, 9.17) is 0 Å². The molecule has 0 spiro atoms. The number of nitrogens with zero attached hydrogens (tertiary/aromatic N) is 1. The van der Waals surface area contributed by atoms with Crippen LogP contribution < -0.4 is 10.6 Å². The summed E-state index contributed by atoms with van der Waals surface area (Å²) < 4.78 is 22.5. The summed E-state index contributed by atoms with van der Waals surface area (Å²) in [5, 5.41) is 7.68. The summed E-state index contributed by atoms with van der Waals surface area (Å²) in [5.74, 6) is 0.898. The minimum absolute atomic E-state index is 0. The lowest BCUT2D eigenvalue weighted by Gasteiger charge is -2.17. The normalized spacial score (nSPS) is 13.3. The van der Waals surface area contributed by atoms with Crippen LogP contribution in [-0.2, 0) is 16.3 Å². The molecule has 0 aliphatic rings. The van der Waals surface area contributed by atoms with E-state index in [1.807, 2.05) is 26.0 Å². The van der Waals surface area contributed by atoms with Gasteiger partial charge in [-0.1, -0.05) is 18.2 Å². The van der Waals surface area contributed by atoms with Crippen LogP contribution in [0.5, 0.6) is 0 Å². The number of rotatable bonds is 8. The number of nitrogens with one attached hydrogen (secondary N) is 3. The van der Waals surface area contributed by atoms with Crippen molar-refractivity contribution in [2.75, 3.05) is 25.1 Å². The van der Waals surface area contributed by atoms with E-state index in [1.54, 1.807) is 0 Å². The Morgan fingerprint density at radius 1 is 1.31 bits per heavy atom. The highest BCUT2D eigenvalue weighted by Gasteiger charge is 2.09. The number of para-hydroxylation sites is 1. The topological polar surface area (TPSA) is 86.3 Å². The molecular formula is C18H29IN4O2S. The number of aliphatic imine (C=N–C) groups is 1. The molecule has 8 heteroatoms. The lowest BCUT2D eigenvalue weighted by atomic mass is 10.2. The van der Waals surface area contributed by atoms with Gasteiger partial charge >= 0.3 is 0 Å². The third kappa shape index (κ3) is 7.94. The predicted molar refractivity (Wildman–Crippen MR) is 120 cm³/mol. The van der Waals surface area contributed by atoms with E-state index in [2.05, 4.69) is 38.8 Å². The van der Waals surface area contributed by atoms with E-state index in [0.717, 1.165) is 30.1 Å². The Hall–Kier alpha value is -1.29. The van der Waals surface area contributed by atoms with E-state index < -0.39 is 9.84 Å². The second kappa shape index (κ2) is 10.8. The molecule has 6 nitrogen and oxygen atoms in total. The van der Waals surface area contributed by atoms with E-state index in [-0.39, 0.29) is 35.8 Å². The van der Waals surface area contributed by atoms with Crippen molar-refractivity contribution in [1.29, 1.82) is 0 Å². The smallest absolute Gasteiger partial charge is 0.191 e. The van der Waals surface area contributed by atoms with Gasteiger partial charge in [-0.2, -0.15) is 0 Å². The Balaban J connectivity index is 0.00000338. The molecule has 0 aliphatic carbocycles. The van der Waals surface area contributed by atoms with Gasteiger partial charge < -0.3 is 15.6 Å². The summed E-state index contributed by atoms with van der Waals surface area (Å²) >= 11 is 0. The van der Waals surface area contributed by atoms with Crippen molar-refractivity contribution in [3.05, 3.63) is 36.0 Å². The number of benzene rings is 1. The Labute approximate surface area is 173 Å². The van der Waals surface area contributed by atoms with Gasteiger partial charge in [0, 0.05) is 43.0 Å². The Morgan fingerprint density at radius 3 is 2.69 bits per heavy atom. The first-order chi connectivity index (χ1) is 11.9. The number of hydrogen-bond donors (Lipinski definition) is 3. The van der Waals surface area contributed by atoms with Gasteiger partial charge in [-0.25, -0.2) is 8.42 Å². The number of aromatic amines is 1. The first kappa shape index (κ1) is 22.8. The largest absolute Gasteiger partial charge is 0.358 e. The molecule has 2 rings (SSSR count). The summed E-state index contributed by atoms with van der Waals surface area (Å²) in [6.07, 6.45) is 2.65. The van der Waals surface area contributed by atoms with Gasteiger partial charge in [0.2, 0.25) is 0 Å². The molecule has 1 aromatic carbocycles. The minimum atomic E-state index is -2.94. The number of guanidine groups is 1. The molecule has 0 fully saturated rings. The van der Waals surface area contributed by atoms with Gasteiger partial charge in [0.1, 0.15) is 9.84 Å². The van der Waals surface area contributed by atoms with Crippen molar-refractivity contribution in [2.24, 2.45) is 4.99 Å². The highest BCUT2D eigenvalue weighted by molar-refractivity contribution is 14.0. The Bertz CT molecular complexity index is 784. The average molecular weight is 492 g/mol. The molecule has 3 N–H and O–H groups in total. The summed E-state index contributed by atoms with van der Waals surface area (Å²) in [7, 11) is -2.94. The number of aromatic nitrogens is 1. The Kier molecular flexibility index (Phi) is 9.42. The molecule has 0 saturated carbocycles. The molecule has 0 bridgehead atoms. The SMILES string of the molecule is CCNC(=NCCc1cc2ccccc2[nH]1)NC(C)CCS(C)(=O)=O.I. The number of halogens is 1. The first-order valence-corrected chi connectivity index (χ1v) is 10.7. The first-order valence-electron chi connectivity index (χ1n) is 8.66. The standard InChI is InChI=1S/C18H28N4O2S.HI/c1-4-19-18(21-14(2)10-12-25(3,23)24)20-11-9-16-13-15-7-5-6-8-17(15)22-16;/h5-8,13-14,22H,4,9-12H2,1-3H3,(H2,19,20,21);1H. The summed E-state index contributed by atoms with van der Waals surface area (Å²) in [6.45, 7) is 5.39.